The number of hydrogen-bond acceptors (Lipinski definition) is 4. The van der Waals surface area contributed by atoms with Gasteiger partial charge in [-0.25, -0.2) is 0 Å². The summed E-state index contributed by atoms with van der Waals surface area (Å²) in [5.74, 6) is 0.736. The maximum atomic E-state index is 13.1. The number of halogens is 3. The van der Waals surface area contributed by atoms with Crippen LogP contribution in [0.2, 0.25) is 0 Å². The molecule has 1 N–H and O–H groups in total. The summed E-state index contributed by atoms with van der Waals surface area (Å²) in [6.45, 7) is 3.66. The maximum Gasteiger partial charge on any atom is 0.416 e. The summed E-state index contributed by atoms with van der Waals surface area (Å²) in [4.78, 5) is 12.5. The number of amides is 1. The number of hydrogen-bond donors (Lipinski definition) is 1. The number of carbonyl (C=O) groups excluding carboxylic acids is 1. The van der Waals surface area contributed by atoms with E-state index >= 15 is 0 Å². The smallest absolute Gasteiger partial charge is 0.416 e. The number of ether oxygens (including phenoxy) is 3. The summed E-state index contributed by atoms with van der Waals surface area (Å²) >= 11 is 0. The lowest BCUT2D eigenvalue weighted by Crippen LogP contribution is -2.30. The number of methoxy groups -OCH3 is 3. The highest BCUT2D eigenvalue weighted by Crippen LogP contribution is 2.38. The minimum Gasteiger partial charge on any atom is -0.493 e. The largest absolute Gasteiger partial charge is 0.493 e. The van der Waals surface area contributed by atoms with Gasteiger partial charge in [0.1, 0.15) is 0 Å². The zero-order valence-corrected chi connectivity index (χ0v) is 18.0. The number of benzene rings is 2. The van der Waals surface area contributed by atoms with Crippen LogP contribution in [0.1, 0.15) is 36.6 Å². The van der Waals surface area contributed by atoms with Crippen LogP contribution in [-0.4, -0.2) is 27.2 Å². The van der Waals surface area contributed by atoms with Crippen molar-refractivity contribution in [2.24, 2.45) is 5.92 Å². The summed E-state index contributed by atoms with van der Waals surface area (Å²) < 4.78 is 55.0. The van der Waals surface area contributed by atoms with Crippen molar-refractivity contribution in [2.75, 3.05) is 21.3 Å². The van der Waals surface area contributed by atoms with E-state index in [4.69, 9.17) is 14.2 Å². The fraction of sp³-hybridized carbons (Fsp3) is 0.348. The molecule has 1 atom stereocenters. The molecule has 0 bridgehead atoms. The number of rotatable bonds is 8. The van der Waals surface area contributed by atoms with E-state index in [0.29, 0.717) is 28.4 Å². The van der Waals surface area contributed by atoms with Crippen molar-refractivity contribution in [3.8, 4) is 17.2 Å². The van der Waals surface area contributed by atoms with Crippen molar-refractivity contribution in [3.63, 3.8) is 0 Å². The lowest BCUT2D eigenvalue weighted by molar-refractivity contribution is -0.137. The molecular formula is C23H26F3NO4. The molecule has 31 heavy (non-hydrogen) atoms. The Kier molecular flexibility index (Phi) is 7.96. The molecule has 0 saturated carbocycles. The van der Waals surface area contributed by atoms with E-state index in [9.17, 15) is 18.0 Å². The first kappa shape index (κ1) is 24.1. The molecule has 0 fully saturated rings. The van der Waals surface area contributed by atoms with E-state index in [2.05, 4.69) is 5.32 Å². The van der Waals surface area contributed by atoms with Crippen LogP contribution in [0.15, 0.2) is 42.5 Å². The van der Waals surface area contributed by atoms with E-state index in [1.807, 2.05) is 13.8 Å². The van der Waals surface area contributed by atoms with Crippen LogP contribution < -0.4 is 19.5 Å². The molecule has 0 aromatic heterocycles. The van der Waals surface area contributed by atoms with Gasteiger partial charge in [-0.3, -0.25) is 4.79 Å². The van der Waals surface area contributed by atoms with E-state index in [-0.39, 0.29) is 5.92 Å². The second kappa shape index (κ2) is 10.2. The zero-order chi connectivity index (χ0) is 23.2. The van der Waals surface area contributed by atoms with Gasteiger partial charge < -0.3 is 19.5 Å². The Morgan fingerprint density at radius 1 is 1.00 bits per heavy atom. The average Bonchev–Trinajstić information content (AvgIpc) is 2.74. The summed E-state index contributed by atoms with van der Waals surface area (Å²) in [5.41, 5.74) is 0.266. The molecule has 0 heterocycles. The molecule has 1 amide bonds. The number of carbonyl (C=O) groups is 1. The predicted molar refractivity (Wildman–Crippen MR) is 112 cm³/mol. The van der Waals surface area contributed by atoms with Crippen molar-refractivity contribution in [1.29, 1.82) is 0 Å². The van der Waals surface area contributed by atoms with Gasteiger partial charge >= 0.3 is 6.18 Å². The highest BCUT2D eigenvalue weighted by Gasteiger charge is 2.31. The van der Waals surface area contributed by atoms with Gasteiger partial charge in [-0.05, 0) is 47.4 Å². The molecule has 1 unspecified atom stereocenters. The zero-order valence-electron chi connectivity index (χ0n) is 18.0. The first-order valence-corrected chi connectivity index (χ1v) is 9.56. The van der Waals surface area contributed by atoms with Gasteiger partial charge in [-0.1, -0.05) is 26.0 Å². The number of nitrogens with one attached hydrogen (secondary N) is 1. The molecule has 2 rings (SSSR count). The normalized spacial score (nSPS) is 12.7. The Bertz CT molecular complexity index is 914. The Labute approximate surface area is 179 Å². The van der Waals surface area contributed by atoms with Gasteiger partial charge in [0.2, 0.25) is 11.7 Å². The van der Waals surface area contributed by atoms with Crippen LogP contribution in [0.3, 0.4) is 0 Å². The van der Waals surface area contributed by atoms with E-state index in [0.717, 1.165) is 12.1 Å². The topological polar surface area (TPSA) is 56.8 Å². The van der Waals surface area contributed by atoms with E-state index < -0.39 is 23.7 Å². The highest BCUT2D eigenvalue weighted by atomic mass is 19.4. The van der Waals surface area contributed by atoms with Gasteiger partial charge in [0.05, 0.1) is 32.9 Å². The molecule has 168 valence electrons. The lowest BCUT2D eigenvalue weighted by atomic mass is 9.94. The van der Waals surface area contributed by atoms with Gasteiger partial charge in [0, 0.05) is 6.08 Å². The van der Waals surface area contributed by atoms with Gasteiger partial charge in [0.25, 0.3) is 0 Å². The summed E-state index contributed by atoms with van der Waals surface area (Å²) in [6, 6.07) is 7.75. The van der Waals surface area contributed by atoms with Gasteiger partial charge in [0.15, 0.2) is 11.5 Å². The quantitative estimate of drug-likeness (QED) is 0.573. The molecule has 0 aliphatic heterocycles. The van der Waals surface area contributed by atoms with Crippen molar-refractivity contribution in [2.45, 2.75) is 26.1 Å². The van der Waals surface area contributed by atoms with Crippen LogP contribution in [0.5, 0.6) is 17.2 Å². The molecule has 0 aliphatic carbocycles. The lowest BCUT2D eigenvalue weighted by Gasteiger charge is -2.23. The third-order valence-corrected chi connectivity index (χ3v) is 4.65. The molecule has 5 nitrogen and oxygen atoms in total. The van der Waals surface area contributed by atoms with Crippen LogP contribution >= 0.6 is 0 Å². The van der Waals surface area contributed by atoms with Gasteiger partial charge in [-0.15, -0.1) is 0 Å². The minimum absolute atomic E-state index is 0.123. The standard InChI is InChI=1S/C23H26F3NO4/c1-14(2)21(16-7-6-8-17(13-16)23(24,25)26)27-20(28)10-9-15-11-18(29-3)22(31-5)19(12-15)30-4/h6-14,21H,1-5H3,(H,27,28). The SMILES string of the molecule is COc1cc(C=CC(=O)NC(c2cccc(C(F)(F)F)c2)C(C)C)cc(OC)c1OC. The first-order chi connectivity index (χ1) is 14.6. The molecule has 0 aliphatic rings. The highest BCUT2D eigenvalue weighted by molar-refractivity contribution is 5.92. The second-order valence-corrected chi connectivity index (χ2v) is 7.15. The average molecular weight is 437 g/mol. The van der Waals surface area contributed by atoms with Crippen molar-refractivity contribution in [1.82, 2.24) is 5.32 Å². The van der Waals surface area contributed by atoms with E-state index in [1.165, 1.54) is 33.5 Å². The first-order valence-electron chi connectivity index (χ1n) is 9.56. The molecular weight excluding hydrogens is 411 g/mol. The molecule has 8 heteroatoms. The van der Waals surface area contributed by atoms with Crippen molar-refractivity contribution in [3.05, 3.63) is 59.2 Å². The Morgan fingerprint density at radius 3 is 2.10 bits per heavy atom. The van der Waals surface area contributed by atoms with Crippen LogP contribution in [0.4, 0.5) is 13.2 Å². The Balaban J connectivity index is 2.24. The third-order valence-electron chi connectivity index (χ3n) is 4.65. The minimum atomic E-state index is -4.45. The molecule has 0 saturated heterocycles. The third kappa shape index (κ3) is 6.16. The van der Waals surface area contributed by atoms with Crippen molar-refractivity contribution < 1.29 is 32.2 Å². The summed E-state index contributed by atoms with van der Waals surface area (Å²) in [5, 5.41) is 2.78. The van der Waals surface area contributed by atoms with E-state index in [1.54, 1.807) is 24.3 Å². The fourth-order valence-corrected chi connectivity index (χ4v) is 3.11. The maximum absolute atomic E-state index is 13.1. The number of alkyl halides is 3. The second-order valence-electron chi connectivity index (χ2n) is 7.15. The van der Waals surface area contributed by atoms with Crippen molar-refractivity contribution >= 4 is 12.0 Å². The Hall–Kier alpha value is -3.16. The fourth-order valence-electron chi connectivity index (χ4n) is 3.11. The summed E-state index contributed by atoms with van der Waals surface area (Å²) in [7, 11) is 4.46. The Morgan fingerprint density at radius 2 is 1.61 bits per heavy atom. The monoisotopic (exact) mass is 437 g/mol. The van der Waals surface area contributed by atoms with Crippen LogP contribution in [-0.2, 0) is 11.0 Å². The molecule has 0 spiro atoms. The molecule has 2 aromatic rings. The van der Waals surface area contributed by atoms with Crippen LogP contribution in [0, 0.1) is 5.92 Å². The summed E-state index contributed by atoms with van der Waals surface area (Å²) in [6.07, 6.45) is -1.58. The van der Waals surface area contributed by atoms with Crippen LogP contribution in [0.25, 0.3) is 6.08 Å². The predicted octanol–water partition coefficient (Wildman–Crippen LogP) is 5.26. The molecule has 2 aromatic carbocycles. The van der Waals surface area contributed by atoms with Gasteiger partial charge in [-0.2, -0.15) is 13.2 Å². The molecule has 0 radical (unpaired) electrons.